The third-order valence-electron chi connectivity index (χ3n) is 2.65. The minimum atomic E-state index is 0.573. The third kappa shape index (κ3) is 2.96. The Morgan fingerprint density at radius 1 is 1.62 bits per heavy atom. The van der Waals surface area contributed by atoms with Crippen LogP contribution in [0, 0.1) is 0 Å². The van der Waals surface area contributed by atoms with Gasteiger partial charge in [0.15, 0.2) is 0 Å². The Balaban J connectivity index is 1.94. The molecule has 0 amide bonds. The van der Waals surface area contributed by atoms with Crippen LogP contribution in [0.3, 0.4) is 0 Å². The molecule has 1 aliphatic carbocycles. The molecule has 0 saturated heterocycles. The van der Waals surface area contributed by atoms with Gasteiger partial charge < -0.3 is 5.32 Å². The number of nitrogens with two attached hydrogens (primary N) is 1. The van der Waals surface area contributed by atoms with Crippen molar-refractivity contribution in [2.75, 3.05) is 0 Å². The van der Waals surface area contributed by atoms with E-state index in [0.717, 1.165) is 6.42 Å². The van der Waals surface area contributed by atoms with Gasteiger partial charge in [-0.2, -0.15) is 0 Å². The third-order valence-corrected chi connectivity index (χ3v) is 3.60. The fraction of sp³-hybridized carbons (Fsp3) is 0.545. The zero-order valence-corrected chi connectivity index (χ0v) is 10.3. The molecule has 0 spiro atoms. The normalized spacial score (nSPS) is 16.2. The molecule has 5 heteroatoms. The quantitative estimate of drug-likeness (QED) is 0.321. The molecular formula is C11H18N4S. The van der Waals surface area contributed by atoms with Crippen molar-refractivity contribution in [1.82, 2.24) is 10.7 Å². The minimum absolute atomic E-state index is 0.573. The standard InChI is InChI=1S/C11H18N4S/c1-2-8-5-6-16-10(8)7-13-11(15-12)14-9-3-4-9/h5-6,9H,2-4,7,12H2,1H3,(H2,13,14,15). The first-order valence-corrected chi connectivity index (χ1v) is 6.54. The molecule has 1 saturated carbocycles. The molecule has 1 aliphatic rings. The highest BCUT2D eigenvalue weighted by Gasteiger charge is 2.21. The van der Waals surface area contributed by atoms with Crippen LogP contribution in [0.15, 0.2) is 16.4 Å². The van der Waals surface area contributed by atoms with Crippen LogP contribution < -0.4 is 16.6 Å². The topological polar surface area (TPSA) is 62.4 Å². The van der Waals surface area contributed by atoms with E-state index >= 15 is 0 Å². The van der Waals surface area contributed by atoms with Crippen molar-refractivity contribution >= 4 is 17.3 Å². The van der Waals surface area contributed by atoms with Gasteiger partial charge in [-0.25, -0.2) is 10.8 Å². The predicted octanol–water partition coefficient (Wildman–Crippen LogP) is 1.38. The molecule has 1 heterocycles. The van der Waals surface area contributed by atoms with E-state index in [2.05, 4.69) is 34.1 Å². The Bertz CT molecular complexity index is 368. The number of guanidine groups is 1. The number of hydrazine groups is 1. The second-order valence-corrected chi connectivity index (χ2v) is 4.95. The average molecular weight is 238 g/mol. The van der Waals surface area contributed by atoms with Crippen LogP contribution in [0.4, 0.5) is 0 Å². The van der Waals surface area contributed by atoms with Crippen molar-refractivity contribution in [1.29, 1.82) is 0 Å². The van der Waals surface area contributed by atoms with Crippen LogP contribution >= 0.6 is 11.3 Å². The SMILES string of the molecule is CCc1ccsc1CN=C(NN)NC1CC1. The summed E-state index contributed by atoms with van der Waals surface area (Å²) < 4.78 is 0. The Kier molecular flexibility index (Phi) is 3.79. The van der Waals surface area contributed by atoms with Crippen LogP contribution in [-0.2, 0) is 13.0 Å². The second-order valence-electron chi connectivity index (χ2n) is 3.95. The summed E-state index contributed by atoms with van der Waals surface area (Å²) in [5.74, 6) is 6.13. The molecule has 0 atom stereocenters. The molecular weight excluding hydrogens is 220 g/mol. The van der Waals surface area contributed by atoms with E-state index in [4.69, 9.17) is 5.84 Å². The second kappa shape index (κ2) is 5.32. The van der Waals surface area contributed by atoms with E-state index in [-0.39, 0.29) is 0 Å². The van der Waals surface area contributed by atoms with Gasteiger partial charge in [-0.15, -0.1) is 11.3 Å². The lowest BCUT2D eigenvalue weighted by atomic mass is 10.2. The minimum Gasteiger partial charge on any atom is -0.353 e. The molecule has 0 unspecified atom stereocenters. The molecule has 1 aromatic rings. The van der Waals surface area contributed by atoms with Crippen LogP contribution in [-0.4, -0.2) is 12.0 Å². The maximum Gasteiger partial charge on any atom is 0.206 e. The van der Waals surface area contributed by atoms with E-state index in [1.807, 2.05) is 0 Å². The predicted molar refractivity (Wildman–Crippen MR) is 68.3 cm³/mol. The smallest absolute Gasteiger partial charge is 0.206 e. The highest BCUT2D eigenvalue weighted by molar-refractivity contribution is 7.10. The van der Waals surface area contributed by atoms with E-state index < -0.39 is 0 Å². The van der Waals surface area contributed by atoms with Crippen LogP contribution in [0.25, 0.3) is 0 Å². The van der Waals surface area contributed by atoms with Gasteiger partial charge in [0.2, 0.25) is 5.96 Å². The molecule has 16 heavy (non-hydrogen) atoms. The summed E-state index contributed by atoms with van der Waals surface area (Å²) in [5, 5.41) is 5.38. The summed E-state index contributed by atoms with van der Waals surface area (Å²) in [6.45, 7) is 2.87. The molecule has 1 fully saturated rings. The lowest BCUT2D eigenvalue weighted by molar-refractivity contribution is 0.821. The molecule has 2 rings (SSSR count). The van der Waals surface area contributed by atoms with Crippen molar-refractivity contribution in [3.05, 3.63) is 21.9 Å². The summed E-state index contributed by atoms with van der Waals surface area (Å²) in [6.07, 6.45) is 3.51. The number of aliphatic imine (C=N–C) groups is 1. The highest BCUT2D eigenvalue weighted by Crippen LogP contribution is 2.19. The van der Waals surface area contributed by atoms with Gasteiger partial charge >= 0.3 is 0 Å². The molecule has 0 aliphatic heterocycles. The summed E-state index contributed by atoms with van der Waals surface area (Å²) >= 11 is 1.76. The van der Waals surface area contributed by atoms with E-state index in [9.17, 15) is 0 Å². The maximum atomic E-state index is 5.42. The molecule has 4 N–H and O–H groups in total. The number of aryl methyl sites for hydroxylation is 1. The monoisotopic (exact) mass is 238 g/mol. The van der Waals surface area contributed by atoms with Crippen LogP contribution in [0.1, 0.15) is 30.2 Å². The highest BCUT2D eigenvalue weighted by atomic mass is 32.1. The summed E-state index contributed by atoms with van der Waals surface area (Å²) in [5.41, 5.74) is 4.00. The Labute approximate surface area is 99.9 Å². The zero-order valence-electron chi connectivity index (χ0n) is 9.49. The first kappa shape index (κ1) is 11.4. The van der Waals surface area contributed by atoms with Crippen molar-refractivity contribution in [3.8, 4) is 0 Å². The lowest BCUT2D eigenvalue weighted by Gasteiger charge is -2.07. The number of nitrogens with one attached hydrogen (secondary N) is 2. The van der Waals surface area contributed by atoms with Gasteiger partial charge in [-0.05, 0) is 36.3 Å². The summed E-state index contributed by atoms with van der Waals surface area (Å²) in [7, 11) is 0. The van der Waals surface area contributed by atoms with Gasteiger partial charge in [0.1, 0.15) is 0 Å². The number of rotatable bonds is 4. The van der Waals surface area contributed by atoms with Gasteiger partial charge in [0, 0.05) is 10.9 Å². The van der Waals surface area contributed by atoms with Gasteiger partial charge in [-0.1, -0.05) is 6.92 Å². The van der Waals surface area contributed by atoms with Crippen molar-refractivity contribution in [3.63, 3.8) is 0 Å². The number of hydrogen-bond acceptors (Lipinski definition) is 3. The lowest BCUT2D eigenvalue weighted by Crippen LogP contribution is -2.42. The number of nitrogens with zero attached hydrogens (tertiary/aromatic N) is 1. The number of hydrogen-bond donors (Lipinski definition) is 3. The van der Waals surface area contributed by atoms with Crippen LogP contribution in [0.2, 0.25) is 0 Å². The molecule has 0 aromatic carbocycles. The Hall–Kier alpha value is -1.07. The van der Waals surface area contributed by atoms with E-state index in [0.29, 0.717) is 18.5 Å². The van der Waals surface area contributed by atoms with Crippen molar-refractivity contribution in [2.45, 2.75) is 38.8 Å². The Morgan fingerprint density at radius 3 is 3.06 bits per heavy atom. The molecule has 88 valence electrons. The van der Waals surface area contributed by atoms with Crippen LogP contribution in [0.5, 0.6) is 0 Å². The van der Waals surface area contributed by atoms with Gasteiger partial charge in [0.25, 0.3) is 0 Å². The first-order valence-electron chi connectivity index (χ1n) is 5.66. The first-order chi connectivity index (χ1) is 7.83. The summed E-state index contributed by atoms with van der Waals surface area (Å²) in [4.78, 5) is 5.78. The molecule has 1 aromatic heterocycles. The number of thiophene rings is 1. The van der Waals surface area contributed by atoms with Gasteiger partial charge in [-0.3, -0.25) is 5.43 Å². The summed E-state index contributed by atoms with van der Waals surface area (Å²) in [6, 6.07) is 2.74. The zero-order chi connectivity index (χ0) is 11.4. The molecule has 4 nitrogen and oxygen atoms in total. The maximum absolute atomic E-state index is 5.42. The van der Waals surface area contributed by atoms with Crippen molar-refractivity contribution in [2.24, 2.45) is 10.8 Å². The molecule has 0 bridgehead atoms. The van der Waals surface area contributed by atoms with E-state index in [1.165, 1.54) is 23.3 Å². The Morgan fingerprint density at radius 2 is 2.44 bits per heavy atom. The van der Waals surface area contributed by atoms with Gasteiger partial charge in [0.05, 0.1) is 6.54 Å². The molecule has 0 radical (unpaired) electrons. The average Bonchev–Trinajstić information content (AvgIpc) is 3.00. The largest absolute Gasteiger partial charge is 0.353 e. The van der Waals surface area contributed by atoms with Crippen molar-refractivity contribution < 1.29 is 0 Å². The fourth-order valence-electron chi connectivity index (χ4n) is 1.53. The fourth-order valence-corrected chi connectivity index (χ4v) is 2.43. The van der Waals surface area contributed by atoms with E-state index in [1.54, 1.807) is 11.3 Å².